The zero-order valence-corrected chi connectivity index (χ0v) is 13.8. The van der Waals surface area contributed by atoms with Crippen molar-refractivity contribution in [3.63, 3.8) is 0 Å². The molecule has 0 aliphatic rings. The zero-order chi connectivity index (χ0) is 16.9. The molecule has 0 spiro atoms. The van der Waals surface area contributed by atoms with Crippen molar-refractivity contribution < 1.29 is 14.3 Å². The van der Waals surface area contributed by atoms with Crippen LogP contribution in [-0.2, 0) is 0 Å². The van der Waals surface area contributed by atoms with Gasteiger partial charge >= 0.3 is 5.97 Å². The van der Waals surface area contributed by atoms with Gasteiger partial charge in [-0.1, -0.05) is 18.2 Å². The van der Waals surface area contributed by atoms with Gasteiger partial charge in [0.1, 0.15) is 10.6 Å². The van der Waals surface area contributed by atoms with E-state index in [0.29, 0.717) is 21.9 Å². The quantitative estimate of drug-likeness (QED) is 0.562. The summed E-state index contributed by atoms with van der Waals surface area (Å²) in [6, 6.07) is 19.3. The molecule has 0 unspecified atom stereocenters. The van der Waals surface area contributed by atoms with Crippen molar-refractivity contribution in [3.05, 3.63) is 82.0 Å². The lowest BCUT2D eigenvalue weighted by Gasteiger charge is -2.07. The van der Waals surface area contributed by atoms with Gasteiger partial charge in [-0.05, 0) is 55.5 Å². The maximum Gasteiger partial charge on any atom is 0.353 e. The molecule has 4 nitrogen and oxygen atoms in total. The fourth-order valence-corrected chi connectivity index (χ4v) is 2.84. The molecule has 0 atom stereocenters. The first kappa shape index (κ1) is 16.0. The van der Waals surface area contributed by atoms with Crippen LogP contribution < -0.4 is 10.1 Å². The average molecular weight is 337 g/mol. The van der Waals surface area contributed by atoms with E-state index in [1.807, 2.05) is 31.2 Å². The van der Waals surface area contributed by atoms with E-state index in [4.69, 9.17) is 4.74 Å². The minimum atomic E-state index is -0.380. The summed E-state index contributed by atoms with van der Waals surface area (Å²) in [7, 11) is 0. The minimum Gasteiger partial charge on any atom is -0.422 e. The van der Waals surface area contributed by atoms with Crippen LogP contribution in [0.25, 0.3) is 0 Å². The van der Waals surface area contributed by atoms with E-state index >= 15 is 0 Å². The molecule has 1 amide bonds. The Kier molecular flexibility index (Phi) is 4.72. The maximum absolute atomic E-state index is 12.1. The van der Waals surface area contributed by atoms with E-state index in [0.717, 1.165) is 4.88 Å². The van der Waals surface area contributed by atoms with Crippen molar-refractivity contribution in [2.45, 2.75) is 6.92 Å². The van der Waals surface area contributed by atoms with Gasteiger partial charge in [0.25, 0.3) is 5.91 Å². The van der Waals surface area contributed by atoms with Crippen LogP contribution in [-0.4, -0.2) is 11.9 Å². The van der Waals surface area contributed by atoms with Gasteiger partial charge in [-0.15, -0.1) is 11.3 Å². The van der Waals surface area contributed by atoms with Gasteiger partial charge in [-0.2, -0.15) is 0 Å². The summed E-state index contributed by atoms with van der Waals surface area (Å²) in [6.45, 7) is 1.94. The Balaban J connectivity index is 1.63. The fourth-order valence-electron chi connectivity index (χ4n) is 2.10. The van der Waals surface area contributed by atoms with Crippen molar-refractivity contribution in [2.75, 3.05) is 5.32 Å². The summed E-state index contributed by atoms with van der Waals surface area (Å²) >= 11 is 1.39. The smallest absolute Gasteiger partial charge is 0.353 e. The van der Waals surface area contributed by atoms with Gasteiger partial charge in [0, 0.05) is 16.1 Å². The number of ether oxygens (including phenoxy) is 1. The second-order valence-corrected chi connectivity index (χ2v) is 6.43. The molecule has 0 fully saturated rings. The summed E-state index contributed by atoms with van der Waals surface area (Å²) in [5, 5.41) is 2.80. The SMILES string of the molecule is Cc1ccc(C(=O)Oc2ccc(NC(=O)c3ccccc3)cc2)s1. The number of anilines is 1. The first-order valence-electron chi connectivity index (χ1n) is 7.37. The summed E-state index contributed by atoms with van der Waals surface area (Å²) in [4.78, 5) is 25.7. The van der Waals surface area contributed by atoms with E-state index < -0.39 is 0 Å². The molecule has 0 saturated heterocycles. The van der Waals surface area contributed by atoms with Gasteiger partial charge in [0.15, 0.2) is 0 Å². The van der Waals surface area contributed by atoms with Crippen LogP contribution in [0.3, 0.4) is 0 Å². The predicted molar refractivity (Wildman–Crippen MR) is 94.9 cm³/mol. The van der Waals surface area contributed by atoms with Crippen molar-refractivity contribution in [1.29, 1.82) is 0 Å². The van der Waals surface area contributed by atoms with Gasteiger partial charge in [-0.25, -0.2) is 4.79 Å². The minimum absolute atomic E-state index is 0.186. The molecule has 0 aliphatic carbocycles. The van der Waals surface area contributed by atoms with Crippen LogP contribution >= 0.6 is 11.3 Å². The first-order chi connectivity index (χ1) is 11.6. The molecule has 3 rings (SSSR count). The molecule has 2 aromatic carbocycles. The number of rotatable bonds is 4. The number of hydrogen-bond acceptors (Lipinski definition) is 4. The Bertz CT molecular complexity index is 854. The second kappa shape index (κ2) is 7.10. The molecule has 3 aromatic rings. The molecule has 1 N–H and O–H groups in total. The van der Waals surface area contributed by atoms with Gasteiger partial charge < -0.3 is 10.1 Å². The highest BCUT2D eigenvalue weighted by Crippen LogP contribution is 2.20. The van der Waals surface area contributed by atoms with E-state index in [2.05, 4.69) is 5.32 Å². The van der Waals surface area contributed by atoms with Crippen LogP contribution in [0.1, 0.15) is 24.9 Å². The van der Waals surface area contributed by atoms with Crippen molar-refractivity contribution >= 4 is 28.9 Å². The first-order valence-corrected chi connectivity index (χ1v) is 8.18. The molecule has 1 heterocycles. The number of thiophene rings is 1. The molecule has 0 radical (unpaired) electrons. The lowest BCUT2D eigenvalue weighted by Crippen LogP contribution is -2.11. The molecule has 0 aliphatic heterocycles. The van der Waals surface area contributed by atoms with Crippen LogP contribution in [0.4, 0.5) is 5.69 Å². The lowest BCUT2D eigenvalue weighted by molar-refractivity contribution is 0.0739. The number of aryl methyl sites for hydroxylation is 1. The Morgan fingerprint density at radius 3 is 2.25 bits per heavy atom. The Hall–Kier alpha value is -2.92. The summed E-state index contributed by atoms with van der Waals surface area (Å²) in [6.07, 6.45) is 0. The molecule has 0 saturated carbocycles. The number of esters is 1. The number of carbonyl (C=O) groups is 2. The van der Waals surface area contributed by atoms with Gasteiger partial charge in [0.05, 0.1) is 0 Å². The Morgan fingerprint density at radius 1 is 0.917 bits per heavy atom. The maximum atomic E-state index is 12.1. The van der Waals surface area contributed by atoms with Crippen LogP contribution in [0.15, 0.2) is 66.7 Å². The summed E-state index contributed by atoms with van der Waals surface area (Å²) in [5.41, 5.74) is 1.22. The highest BCUT2D eigenvalue weighted by Gasteiger charge is 2.11. The summed E-state index contributed by atoms with van der Waals surface area (Å²) in [5.74, 6) is -0.132. The van der Waals surface area contributed by atoms with Crippen LogP contribution in [0.5, 0.6) is 5.75 Å². The molecular weight excluding hydrogens is 322 g/mol. The number of hydrogen-bond donors (Lipinski definition) is 1. The van der Waals surface area contributed by atoms with Crippen LogP contribution in [0.2, 0.25) is 0 Å². The second-order valence-electron chi connectivity index (χ2n) is 5.14. The third kappa shape index (κ3) is 3.88. The number of nitrogens with one attached hydrogen (secondary N) is 1. The number of benzene rings is 2. The third-order valence-electron chi connectivity index (χ3n) is 3.30. The monoisotopic (exact) mass is 337 g/mol. The number of carbonyl (C=O) groups excluding carboxylic acids is 2. The largest absolute Gasteiger partial charge is 0.422 e. The molecule has 120 valence electrons. The highest BCUT2D eigenvalue weighted by molar-refractivity contribution is 7.13. The lowest BCUT2D eigenvalue weighted by atomic mass is 10.2. The molecule has 1 aromatic heterocycles. The molecule has 5 heteroatoms. The van der Waals surface area contributed by atoms with E-state index in [9.17, 15) is 9.59 Å². The van der Waals surface area contributed by atoms with Crippen molar-refractivity contribution in [2.24, 2.45) is 0 Å². The van der Waals surface area contributed by atoms with E-state index in [1.54, 1.807) is 42.5 Å². The zero-order valence-electron chi connectivity index (χ0n) is 13.0. The van der Waals surface area contributed by atoms with Crippen molar-refractivity contribution in [1.82, 2.24) is 0 Å². The standard InChI is InChI=1S/C19H15NO3S/c1-13-7-12-17(24-13)19(22)23-16-10-8-15(9-11-16)20-18(21)14-5-3-2-4-6-14/h2-12H,1H3,(H,20,21). The molecular formula is C19H15NO3S. The topological polar surface area (TPSA) is 55.4 Å². The van der Waals surface area contributed by atoms with E-state index in [1.165, 1.54) is 11.3 Å². The fraction of sp³-hybridized carbons (Fsp3) is 0.0526. The van der Waals surface area contributed by atoms with Crippen LogP contribution in [0, 0.1) is 6.92 Å². The van der Waals surface area contributed by atoms with Crippen molar-refractivity contribution in [3.8, 4) is 5.75 Å². The molecule has 0 bridgehead atoms. The highest BCUT2D eigenvalue weighted by atomic mass is 32.1. The summed E-state index contributed by atoms with van der Waals surface area (Å²) < 4.78 is 5.32. The Morgan fingerprint density at radius 2 is 1.62 bits per heavy atom. The van der Waals surface area contributed by atoms with Gasteiger partial charge in [-0.3, -0.25) is 4.79 Å². The molecule has 24 heavy (non-hydrogen) atoms. The third-order valence-corrected chi connectivity index (χ3v) is 4.28. The van der Waals surface area contributed by atoms with E-state index in [-0.39, 0.29) is 11.9 Å². The number of amides is 1. The predicted octanol–water partition coefficient (Wildman–Crippen LogP) is 4.53. The van der Waals surface area contributed by atoms with Gasteiger partial charge in [0.2, 0.25) is 0 Å². The normalized spacial score (nSPS) is 10.2. The average Bonchev–Trinajstić information content (AvgIpc) is 3.04. The Labute approximate surface area is 143 Å².